The van der Waals surface area contributed by atoms with Crippen LogP contribution in [0.3, 0.4) is 0 Å². The average Bonchev–Trinajstić information content (AvgIpc) is 2.43. The Balaban J connectivity index is 2.63. The molecule has 0 spiro atoms. The standard InChI is InChI=1S/C15H22N2O3S/c1-11(2)17(9-8-15(19)20)10-14(18)16-12-6-4-5-7-13(12)21-3/h4-7,11H,8-10H2,1-3H3,(H,16,18)(H,19,20). The molecule has 0 radical (unpaired) electrons. The van der Waals surface area contributed by atoms with Crippen molar-refractivity contribution in [3.63, 3.8) is 0 Å². The fourth-order valence-electron chi connectivity index (χ4n) is 1.88. The van der Waals surface area contributed by atoms with Gasteiger partial charge in [-0.25, -0.2) is 0 Å². The van der Waals surface area contributed by atoms with Crippen LogP contribution in [-0.4, -0.2) is 47.3 Å². The van der Waals surface area contributed by atoms with Gasteiger partial charge in [0.25, 0.3) is 0 Å². The van der Waals surface area contributed by atoms with Gasteiger partial charge in [0, 0.05) is 17.5 Å². The third-order valence-electron chi connectivity index (χ3n) is 3.07. The Morgan fingerprint density at radius 1 is 1.33 bits per heavy atom. The van der Waals surface area contributed by atoms with E-state index in [1.165, 1.54) is 0 Å². The Labute approximate surface area is 129 Å². The lowest BCUT2D eigenvalue weighted by atomic mass is 10.2. The van der Waals surface area contributed by atoms with Crippen molar-refractivity contribution in [2.45, 2.75) is 31.2 Å². The van der Waals surface area contributed by atoms with Gasteiger partial charge in [0.05, 0.1) is 18.7 Å². The number of carbonyl (C=O) groups is 2. The summed E-state index contributed by atoms with van der Waals surface area (Å²) in [4.78, 5) is 25.6. The molecule has 0 saturated heterocycles. The smallest absolute Gasteiger partial charge is 0.304 e. The molecule has 0 saturated carbocycles. The summed E-state index contributed by atoms with van der Waals surface area (Å²) in [5, 5.41) is 11.6. The first-order chi connectivity index (χ1) is 9.93. The first-order valence-corrected chi connectivity index (χ1v) is 8.05. The molecule has 0 aliphatic rings. The van der Waals surface area contributed by atoms with Gasteiger partial charge in [-0.1, -0.05) is 12.1 Å². The number of hydrogen-bond donors (Lipinski definition) is 2. The van der Waals surface area contributed by atoms with Gasteiger partial charge in [-0.2, -0.15) is 0 Å². The molecule has 2 N–H and O–H groups in total. The monoisotopic (exact) mass is 310 g/mol. The molecule has 1 aromatic rings. The molecule has 0 fully saturated rings. The average molecular weight is 310 g/mol. The van der Waals surface area contributed by atoms with Gasteiger partial charge < -0.3 is 10.4 Å². The van der Waals surface area contributed by atoms with E-state index in [0.717, 1.165) is 10.6 Å². The van der Waals surface area contributed by atoms with Crippen LogP contribution in [0.5, 0.6) is 0 Å². The van der Waals surface area contributed by atoms with Gasteiger partial charge in [0.15, 0.2) is 0 Å². The van der Waals surface area contributed by atoms with Crippen LogP contribution in [0.4, 0.5) is 5.69 Å². The Morgan fingerprint density at radius 2 is 2.00 bits per heavy atom. The highest BCUT2D eigenvalue weighted by atomic mass is 32.2. The number of carboxylic acid groups (broad SMARTS) is 1. The van der Waals surface area contributed by atoms with Crippen molar-refractivity contribution < 1.29 is 14.7 Å². The summed E-state index contributed by atoms with van der Waals surface area (Å²) in [7, 11) is 0. The van der Waals surface area contributed by atoms with Crippen molar-refractivity contribution >= 4 is 29.3 Å². The molecule has 0 aliphatic heterocycles. The number of aliphatic carboxylic acids is 1. The lowest BCUT2D eigenvalue weighted by Crippen LogP contribution is -2.39. The summed E-state index contributed by atoms with van der Waals surface area (Å²) < 4.78 is 0. The number of thioether (sulfide) groups is 1. The minimum Gasteiger partial charge on any atom is -0.481 e. The zero-order valence-corrected chi connectivity index (χ0v) is 13.4. The van der Waals surface area contributed by atoms with Crippen molar-refractivity contribution in [3.8, 4) is 0 Å². The minimum atomic E-state index is -0.853. The molecule has 0 atom stereocenters. The first-order valence-electron chi connectivity index (χ1n) is 6.82. The van der Waals surface area contributed by atoms with Crippen molar-refractivity contribution in [1.29, 1.82) is 0 Å². The normalized spacial score (nSPS) is 10.9. The van der Waals surface area contributed by atoms with E-state index in [1.54, 1.807) is 11.8 Å². The largest absolute Gasteiger partial charge is 0.481 e. The van der Waals surface area contributed by atoms with Crippen molar-refractivity contribution in [1.82, 2.24) is 4.90 Å². The molecular formula is C15H22N2O3S. The van der Waals surface area contributed by atoms with Crippen LogP contribution < -0.4 is 5.32 Å². The van der Waals surface area contributed by atoms with Gasteiger partial charge in [-0.05, 0) is 32.2 Å². The highest BCUT2D eigenvalue weighted by Gasteiger charge is 2.16. The summed E-state index contributed by atoms with van der Waals surface area (Å²) in [6, 6.07) is 7.73. The maximum Gasteiger partial charge on any atom is 0.304 e. The van der Waals surface area contributed by atoms with E-state index in [4.69, 9.17) is 5.11 Å². The van der Waals surface area contributed by atoms with E-state index in [1.807, 2.05) is 49.3 Å². The molecule has 116 valence electrons. The number of carbonyl (C=O) groups excluding carboxylic acids is 1. The zero-order valence-electron chi connectivity index (χ0n) is 12.6. The van der Waals surface area contributed by atoms with Crippen LogP contribution >= 0.6 is 11.8 Å². The highest BCUT2D eigenvalue weighted by molar-refractivity contribution is 7.98. The number of anilines is 1. The second-order valence-corrected chi connectivity index (χ2v) is 5.80. The first kappa shape index (κ1) is 17.5. The molecule has 6 heteroatoms. The van der Waals surface area contributed by atoms with Crippen LogP contribution in [0, 0.1) is 0 Å². The third kappa shape index (κ3) is 6.18. The van der Waals surface area contributed by atoms with Crippen LogP contribution in [-0.2, 0) is 9.59 Å². The van der Waals surface area contributed by atoms with Crippen LogP contribution in [0.1, 0.15) is 20.3 Å². The molecule has 0 unspecified atom stereocenters. The van der Waals surface area contributed by atoms with Gasteiger partial charge in [-0.3, -0.25) is 14.5 Å². The Hall–Kier alpha value is -1.53. The number of carboxylic acids is 1. The molecule has 0 heterocycles. The highest BCUT2D eigenvalue weighted by Crippen LogP contribution is 2.24. The summed E-state index contributed by atoms with van der Waals surface area (Å²) in [5.41, 5.74) is 0.789. The predicted molar refractivity (Wildman–Crippen MR) is 85.8 cm³/mol. The van der Waals surface area contributed by atoms with E-state index in [-0.39, 0.29) is 24.9 Å². The van der Waals surface area contributed by atoms with Gasteiger partial charge in [0.1, 0.15) is 0 Å². The zero-order chi connectivity index (χ0) is 15.8. The van der Waals surface area contributed by atoms with E-state index in [0.29, 0.717) is 6.54 Å². The van der Waals surface area contributed by atoms with Crippen molar-refractivity contribution in [2.75, 3.05) is 24.7 Å². The van der Waals surface area contributed by atoms with E-state index in [9.17, 15) is 9.59 Å². The summed E-state index contributed by atoms with van der Waals surface area (Å²) in [5.74, 6) is -0.982. The molecule has 0 aliphatic carbocycles. The predicted octanol–water partition coefficient (Wildman–Crippen LogP) is 2.53. The molecule has 1 rings (SSSR count). The second-order valence-electron chi connectivity index (χ2n) is 4.96. The molecule has 1 amide bonds. The maximum absolute atomic E-state index is 12.1. The number of hydrogen-bond acceptors (Lipinski definition) is 4. The van der Waals surface area contributed by atoms with Crippen LogP contribution in [0.2, 0.25) is 0 Å². The lowest BCUT2D eigenvalue weighted by molar-refractivity contribution is -0.137. The SMILES string of the molecule is CSc1ccccc1NC(=O)CN(CCC(=O)O)C(C)C. The van der Waals surface area contributed by atoms with E-state index in [2.05, 4.69) is 5.32 Å². The summed E-state index contributed by atoms with van der Waals surface area (Å²) >= 11 is 1.57. The topological polar surface area (TPSA) is 69.6 Å². The van der Waals surface area contributed by atoms with Crippen LogP contribution in [0.25, 0.3) is 0 Å². The number of nitrogens with one attached hydrogen (secondary N) is 1. The number of benzene rings is 1. The van der Waals surface area contributed by atoms with Gasteiger partial charge in [0.2, 0.25) is 5.91 Å². The van der Waals surface area contributed by atoms with Crippen molar-refractivity contribution in [3.05, 3.63) is 24.3 Å². The maximum atomic E-state index is 12.1. The summed E-state index contributed by atoms with van der Waals surface area (Å²) in [6.45, 7) is 4.45. The Kier molecular flexibility index (Phi) is 7.25. The summed E-state index contributed by atoms with van der Waals surface area (Å²) in [6.07, 6.45) is 1.99. The Morgan fingerprint density at radius 3 is 2.57 bits per heavy atom. The molecule has 0 aromatic heterocycles. The molecular weight excluding hydrogens is 288 g/mol. The number of amides is 1. The van der Waals surface area contributed by atoms with Crippen molar-refractivity contribution in [2.24, 2.45) is 0 Å². The molecule has 5 nitrogen and oxygen atoms in total. The van der Waals surface area contributed by atoms with Crippen LogP contribution in [0.15, 0.2) is 29.2 Å². The van der Waals surface area contributed by atoms with E-state index < -0.39 is 5.97 Å². The second kappa shape index (κ2) is 8.69. The molecule has 0 bridgehead atoms. The molecule has 21 heavy (non-hydrogen) atoms. The van der Waals surface area contributed by atoms with E-state index >= 15 is 0 Å². The van der Waals surface area contributed by atoms with Gasteiger partial charge in [-0.15, -0.1) is 11.8 Å². The number of para-hydroxylation sites is 1. The number of nitrogens with zero attached hydrogens (tertiary/aromatic N) is 1. The molecule has 1 aromatic carbocycles. The quantitative estimate of drug-likeness (QED) is 0.722. The fourth-order valence-corrected chi connectivity index (χ4v) is 2.43. The Bertz CT molecular complexity index is 492. The lowest BCUT2D eigenvalue weighted by Gasteiger charge is -2.25. The number of rotatable bonds is 8. The third-order valence-corrected chi connectivity index (χ3v) is 3.87. The minimum absolute atomic E-state index is 0.0346. The fraction of sp³-hybridized carbons (Fsp3) is 0.467. The van der Waals surface area contributed by atoms with Gasteiger partial charge >= 0.3 is 5.97 Å².